The Kier molecular flexibility index (Phi) is 4.55. The highest BCUT2D eigenvalue weighted by Gasteiger charge is 2.18. The van der Waals surface area contributed by atoms with Crippen LogP contribution in [0.1, 0.15) is 39.2 Å². The van der Waals surface area contributed by atoms with E-state index in [9.17, 15) is 4.79 Å². The van der Waals surface area contributed by atoms with Crippen molar-refractivity contribution in [3.8, 4) is 0 Å². The summed E-state index contributed by atoms with van der Waals surface area (Å²) in [5.41, 5.74) is 2.24. The van der Waals surface area contributed by atoms with Crippen molar-refractivity contribution in [3.05, 3.63) is 29.8 Å². The molecule has 0 bridgehead atoms. The van der Waals surface area contributed by atoms with Gasteiger partial charge in [0, 0.05) is 11.7 Å². The van der Waals surface area contributed by atoms with Gasteiger partial charge in [0.1, 0.15) is 0 Å². The maximum atomic E-state index is 10.9. The van der Waals surface area contributed by atoms with Gasteiger partial charge in [0.15, 0.2) is 0 Å². The van der Waals surface area contributed by atoms with Crippen molar-refractivity contribution in [1.82, 2.24) is 0 Å². The van der Waals surface area contributed by atoms with E-state index >= 15 is 0 Å². The molecule has 0 saturated carbocycles. The average Bonchev–Trinajstić information content (AvgIpc) is 2.28. The number of aliphatic carboxylic acids is 1. The molecule has 2 atom stereocenters. The van der Waals surface area contributed by atoms with Gasteiger partial charge >= 0.3 is 5.97 Å². The molecule has 0 radical (unpaired) electrons. The lowest BCUT2D eigenvalue weighted by molar-refractivity contribution is -0.141. The second-order valence-electron chi connectivity index (χ2n) is 4.84. The summed E-state index contributed by atoms with van der Waals surface area (Å²) in [5.74, 6) is -0.702. The third kappa shape index (κ3) is 3.77. The summed E-state index contributed by atoms with van der Waals surface area (Å²) in [6.07, 6.45) is 0. The molecule has 2 unspecified atom stereocenters. The van der Waals surface area contributed by atoms with E-state index in [1.807, 2.05) is 19.1 Å². The Morgan fingerprint density at radius 2 is 1.88 bits per heavy atom. The second-order valence-corrected chi connectivity index (χ2v) is 4.84. The van der Waals surface area contributed by atoms with Crippen molar-refractivity contribution < 1.29 is 9.90 Å². The maximum absolute atomic E-state index is 10.9. The van der Waals surface area contributed by atoms with Crippen molar-refractivity contribution in [2.45, 2.75) is 39.7 Å². The number of rotatable bonds is 5. The third-order valence-electron chi connectivity index (χ3n) is 3.09. The predicted molar refractivity (Wildman–Crippen MR) is 70.4 cm³/mol. The van der Waals surface area contributed by atoms with Crippen molar-refractivity contribution in [1.29, 1.82) is 0 Å². The zero-order chi connectivity index (χ0) is 13.0. The van der Waals surface area contributed by atoms with Crippen LogP contribution in [-0.4, -0.2) is 17.1 Å². The number of carboxylic acids is 1. The van der Waals surface area contributed by atoms with Gasteiger partial charge in [-0.05, 0) is 37.5 Å². The second kappa shape index (κ2) is 5.71. The SMILES string of the molecule is CC(C)c1cccc(NC(C)C(C)C(=O)O)c1. The normalized spacial score (nSPS) is 14.4. The van der Waals surface area contributed by atoms with E-state index in [2.05, 4.69) is 31.3 Å². The van der Waals surface area contributed by atoms with E-state index in [1.54, 1.807) is 6.92 Å². The summed E-state index contributed by atoms with van der Waals surface area (Å²) in [7, 11) is 0. The van der Waals surface area contributed by atoms with Gasteiger partial charge in [-0.25, -0.2) is 0 Å². The monoisotopic (exact) mass is 235 g/mol. The van der Waals surface area contributed by atoms with Gasteiger partial charge in [-0.2, -0.15) is 0 Å². The summed E-state index contributed by atoms with van der Waals surface area (Å²) in [5, 5.41) is 12.2. The third-order valence-corrected chi connectivity index (χ3v) is 3.09. The largest absolute Gasteiger partial charge is 0.481 e. The lowest BCUT2D eigenvalue weighted by atomic mass is 10.0. The highest BCUT2D eigenvalue weighted by Crippen LogP contribution is 2.20. The molecule has 1 rings (SSSR count). The summed E-state index contributed by atoms with van der Waals surface area (Å²) < 4.78 is 0. The quantitative estimate of drug-likeness (QED) is 0.823. The minimum Gasteiger partial charge on any atom is -0.481 e. The Labute approximate surface area is 103 Å². The molecule has 0 aliphatic heterocycles. The molecule has 3 heteroatoms. The molecule has 0 aromatic heterocycles. The lowest BCUT2D eigenvalue weighted by Crippen LogP contribution is -2.29. The number of benzene rings is 1. The molecule has 0 saturated heterocycles. The first-order chi connectivity index (χ1) is 7.91. The van der Waals surface area contributed by atoms with Crippen LogP contribution in [0.15, 0.2) is 24.3 Å². The minimum atomic E-state index is -0.773. The van der Waals surface area contributed by atoms with Gasteiger partial charge in [0.05, 0.1) is 5.92 Å². The van der Waals surface area contributed by atoms with E-state index in [0.717, 1.165) is 5.69 Å². The molecule has 0 amide bonds. The van der Waals surface area contributed by atoms with Crippen molar-refractivity contribution >= 4 is 11.7 Å². The fourth-order valence-corrected chi connectivity index (χ4v) is 1.59. The van der Waals surface area contributed by atoms with Gasteiger partial charge in [0.25, 0.3) is 0 Å². The number of carbonyl (C=O) groups is 1. The molecule has 0 spiro atoms. The molecule has 3 nitrogen and oxygen atoms in total. The molecule has 17 heavy (non-hydrogen) atoms. The fourth-order valence-electron chi connectivity index (χ4n) is 1.59. The predicted octanol–water partition coefficient (Wildman–Crippen LogP) is 3.33. The average molecular weight is 235 g/mol. The summed E-state index contributed by atoms with van der Waals surface area (Å²) >= 11 is 0. The van der Waals surface area contributed by atoms with Crippen LogP contribution in [0.2, 0.25) is 0 Å². The highest BCUT2D eigenvalue weighted by molar-refractivity contribution is 5.71. The van der Waals surface area contributed by atoms with E-state index < -0.39 is 11.9 Å². The molecular weight excluding hydrogens is 214 g/mol. The van der Waals surface area contributed by atoms with Crippen LogP contribution >= 0.6 is 0 Å². The molecule has 0 aliphatic carbocycles. The first kappa shape index (κ1) is 13.6. The molecule has 2 N–H and O–H groups in total. The zero-order valence-electron chi connectivity index (χ0n) is 10.9. The Hall–Kier alpha value is -1.51. The standard InChI is InChI=1S/C14H21NO2/c1-9(2)12-6-5-7-13(8-12)15-11(4)10(3)14(16)17/h5-11,15H,1-4H3,(H,16,17). The number of carboxylic acid groups (broad SMARTS) is 1. The van der Waals surface area contributed by atoms with E-state index in [0.29, 0.717) is 5.92 Å². The molecule has 0 fully saturated rings. The number of nitrogens with one attached hydrogen (secondary N) is 1. The van der Waals surface area contributed by atoms with Crippen molar-refractivity contribution in [3.63, 3.8) is 0 Å². The molecular formula is C14H21NO2. The van der Waals surface area contributed by atoms with Crippen LogP contribution in [-0.2, 0) is 4.79 Å². The maximum Gasteiger partial charge on any atom is 0.308 e. The smallest absolute Gasteiger partial charge is 0.308 e. The van der Waals surface area contributed by atoms with Crippen LogP contribution in [0.3, 0.4) is 0 Å². The van der Waals surface area contributed by atoms with Gasteiger partial charge < -0.3 is 10.4 Å². The Bertz CT molecular complexity index is 388. The van der Waals surface area contributed by atoms with E-state index in [1.165, 1.54) is 5.56 Å². The van der Waals surface area contributed by atoms with Gasteiger partial charge in [-0.1, -0.05) is 26.0 Å². The fraction of sp³-hybridized carbons (Fsp3) is 0.500. The molecule has 0 heterocycles. The van der Waals surface area contributed by atoms with Crippen LogP contribution in [0.25, 0.3) is 0 Å². The van der Waals surface area contributed by atoms with Gasteiger partial charge in [-0.3, -0.25) is 4.79 Å². The molecule has 0 aliphatic rings. The van der Waals surface area contributed by atoms with E-state index in [4.69, 9.17) is 5.11 Å². The number of hydrogen-bond acceptors (Lipinski definition) is 2. The van der Waals surface area contributed by atoms with Gasteiger partial charge in [-0.15, -0.1) is 0 Å². The van der Waals surface area contributed by atoms with Crippen molar-refractivity contribution in [2.75, 3.05) is 5.32 Å². The number of hydrogen-bond donors (Lipinski definition) is 2. The molecule has 94 valence electrons. The molecule has 1 aromatic carbocycles. The first-order valence-corrected chi connectivity index (χ1v) is 6.01. The van der Waals surface area contributed by atoms with E-state index in [-0.39, 0.29) is 6.04 Å². The lowest BCUT2D eigenvalue weighted by Gasteiger charge is -2.19. The Morgan fingerprint density at radius 1 is 1.24 bits per heavy atom. The Morgan fingerprint density at radius 3 is 2.41 bits per heavy atom. The Balaban J connectivity index is 2.74. The minimum absolute atomic E-state index is 0.0880. The summed E-state index contributed by atoms with van der Waals surface area (Å²) in [6, 6.07) is 8.04. The van der Waals surface area contributed by atoms with Crippen LogP contribution in [0, 0.1) is 5.92 Å². The molecule has 1 aromatic rings. The van der Waals surface area contributed by atoms with Crippen molar-refractivity contribution in [2.24, 2.45) is 5.92 Å². The van der Waals surface area contributed by atoms with Crippen LogP contribution in [0.4, 0.5) is 5.69 Å². The van der Waals surface area contributed by atoms with Gasteiger partial charge in [0.2, 0.25) is 0 Å². The first-order valence-electron chi connectivity index (χ1n) is 6.01. The summed E-state index contributed by atoms with van der Waals surface area (Å²) in [6.45, 7) is 7.89. The zero-order valence-corrected chi connectivity index (χ0v) is 10.9. The highest BCUT2D eigenvalue weighted by atomic mass is 16.4. The van der Waals surface area contributed by atoms with Crippen LogP contribution < -0.4 is 5.32 Å². The summed E-state index contributed by atoms with van der Waals surface area (Å²) in [4.78, 5) is 10.9. The number of anilines is 1. The van der Waals surface area contributed by atoms with Crippen LogP contribution in [0.5, 0.6) is 0 Å². The topological polar surface area (TPSA) is 49.3 Å².